The molecule has 2 aromatic carbocycles. The van der Waals surface area contributed by atoms with Crippen LogP contribution in [0.1, 0.15) is 36.9 Å². The summed E-state index contributed by atoms with van der Waals surface area (Å²) in [7, 11) is 3.03. The SMILES string of the molecule is CNC(=O)c1cc2c(Oc3ccc(NC(=O)Nc4cc(C(C)(C)C)on4)c(Cl)c3)ccnc2cc1OC. The van der Waals surface area contributed by atoms with Gasteiger partial charge in [-0.05, 0) is 24.3 Å². The minimum Gasteiger partial charge on any atom is -0.496 e. The van der Waals surface area contributed by atoms with Crippen LogP contribution in [-0.4, -0.2) is 36.2 Å². The Morgan fingerprint density at radius 2 is 1.81 bits per heavy atom. The van der Waals surface area contributed by atoms with Crippen molar-refractivity contribution in [3.63, 3.8) is 0 Å². The van der Waals surface area contributed by atoms with Crippen LogP contribution in [0.2, 0.25) is 5.02 Å². The molecule has 4 rings (SSSR count). The standard InChI is InChI=1S/C26H26ClN5O5/c1-26(2,3)22-13-23(32-37-22)31-25(34)30-18-7-6-14(10-17(18)27)36-20-8-9-29-19-12-21(35-5)16(11-15(19)20)24(33)28-4/h6-13H,1-5H3,(H,28,33)(H2,30,31,32,34). The van der Waals surface area contributed by atoms with Crippen molar-refractivity contribution in [1.82, 2.24) is 15.5 Å². The summed E-state index contributed by atoms with van der Waals surface area (Å²) in [5.41, 5.74) is 1.07. The number of nitrogens with one attached hydrogen (secondary N) is 3. The summed E-state index contributed by atoms with van der Waals surface area (Å²) in [5.74, 6) is 1.92. The van der Waals surface area contributed by atoms with Crippen molar-refractivity contribution in [1.29, 1.82) is 0 Å². The van der Waals surface area contributed by atoms with E-state index in [-0.39, 0.29) is 22.2 Å². The molecule has 2 heterocycles. The van der Waals surface area contributed by atoms with Crippen LogP contribution < -0.4 is 25.4 Å². The third-order valence-electron chi connectivity index (χ3n) is 5.40. The summed E-state index contributed by atoms with van der Waals surface area (Å²) in [6.07, 6.45) is 1.59. The van der Waals surface area contributed by atoms with E-state index in [1.165, 1.54) is 7.11 Å². The van der Waals surface area contributed by atoms with Gasteiger partial charge in [0.05, 0.1) is 28.9 Å². The highest BCUT2D eigenvalue weighted by atomic mass is 35.5. The van der Waals surface area contributed by atoms with Crippen LogP contribution in [0.15, 0.2) is 53.2 Å². The van der Waals surface area contributed by atoms with Gasteiger partial charge in [-0.3, -0.25) is 15.1 Å². The molecule has 0 spiro atoms. The number of nitrogens with zero attached hydrogens (tertiary/aromatic N) is 2. The molecule has 0 fully saturated rings. The maximum Gasteiger partial charge on any atom is 0.324 e. The number of carbonyl (C=O) groups is 2. The van der Waals surface area contributed by atoms with Crippen molar-refractivity contribution < 1.29 is 23.6 Å². The lowest BCUT2D eigenvalue weighted by Gasteiger charge is -2.13. The number of fused-ring (bicyclic) bond motifs is 1. The number of anilines is 2. The molecule has 0 saturated carbocycles. The van der Waals surface area contributed by atoms with Crippen LogP contribution >= 0.6 is 11.6 Å². The predicted molar refractivity (Wildman–Crippen MR) is 141 cm³/mol. The molecule has 0 radical (unpaired) electrons. The molecule has 192 valence electrons. The Bertz CT molecular complexity index is 1480. The molecule has 0 aliphatic carbocycles. The van der Waals surface area contributed by atoms with Crippen LogP contribution in [-0.2, 0) is 5.41 Å². The van der Waals surface area contributed by atoms with E-state index >= 15 is 0 Å². The first-order chi connectivity index (χ1) is 17.6. The molecule has 0 unspecified atom stereocenters. The minimum absolute atomic E-state index is 0.237. The second-order valence-electron chi connectivity index (χ2n) is 9.11. The number of hydrogen-bond donors (Lipinski definition) is 3. The Morgan fingerprint density at radius 3 is 2.46 bits per heavy atom. The molecular weight excluding hydrogens is 498 g/mol. The Balaban J connectivity index is 1.52. The van der Waals surface area contributed by atoms with Crippen molar-refractivity contribution in [2.75, 3.05) is 24.8 Å². The Labute approximate surface area is 218 Å². The summed E-state index contributed by atoms with van der Waals surface area (Å²) in [6.45, 7) is 5.94. The molecule has 3 N–H and O–H groups in total. The zero-order chi connectivity index (χ0) is 26.7. The molecule has 3 amide bonds. The number of halogens is 1. The van der Waals surface area contributed by atoms with E-state index < -0.39 is 6.03 Å². The van der Waals surface area contributed by atoms with Crippen molar-refractivity contribution in [3.8, 4) is 17.2 Å². The van der Waals surface area contributed by atoms with E-state index in [2.05, 4.69) is 26.1 Å². The van der Waals surface area contributed by atoms with E-state index in [0.717, 1.165) is 0 Å². The van der Waals surface area contributed by atoms with Crippen molar-refractivity contribution in [2.45, 2.75) is 26.2 Å². The van der Waals surface area contributed by atoms with Crippen LogP contribution in [0.4, 0.5) is 16.3 Å². The molecule has 0 saturated heterocycles. The first-order valence-electron chi connectivity index (χ1n) is 11.3. The number of methoxy groups -OCH3 is 1. The molecule has 0 aliphatic rings. The van der Waals surface area contributed by atoms with E-state index in [1.54, 1.807) is 55.7 Å². The monoisotopic (exact) mass is 523 g/mol. The van der Waals surface area contributed by atoms with Gasteiger partial charge in [0.1, 0.15) is 23.0 Å². The highest BCUT2D eigenvalue weighted by Gasteiger charge is 2.21. The average Bonchev–Trinajstić information content (AvgIpc) is 3.33. The number of urea groups is 1. The van der Waals surface area contributed by atoms with Gasteiger partial charge in [0.15, 0.2) is 5.82 Å². The van der Waals surface area contributed by atoms with Gasteiger partial charge < -0.3 is 24.6 Å². The number of carbonyl (C=O) groups excluding carboxylic acids is 2. The molecule has 0 bridgehead atoms. The quantitative estimate of drug-likeness (QED) is 0.283. The van der Waals surface area contributed by atoms with Crippen LogP contribution in [0.25, 0.3) is 10.9 Å². The van der Waals surface area contributed by atoms with Crippen molar-refractivity contribution in [2.24, 2.45) is 0 Å². The summed E-state index contributed by atoms with van der Waals surface area (Å²) in [4.78, 5) is 29.1. The summed E-state index contributed by atoms with van der Waals surface area (Å²) in [5, 5.41) is 12.6. The number of pyridine rings is 1. The highest BCUT2D eigenvalue weighted by molar-refractivity contribution is 6.34. The number of ether oxygens (including phenoxy) is 2. The summed E-state index contributed by atoms with van der Waals surface area (Å²) < 4.78 is 16.7. The molecular formula is C26H26ClN5O5. The fourth-order valence-corrected chi connectivity index (χ4v) is 3.68. The molecule has 11 heteroatoms. The molecule has 2 aromatic heterocycles. The smallest absolute Gasteiger partial charge is 0.324 e. The molecule has 37 heavy (non-hydrogen) atoms. The third-order valence-corrected chi connectivity index (χ3v) is 5.71. The topological polar surface area (TPSA) is 128 Å². The number of benzene rings is 2. The summed E-state index contributed by atoms with van der Waals surface area (Å²) >= 11 is 6.41. The number of amides is 3. The van der Waals surface area contributed by atoms with Crippen LogP contribution in [0, 0.1) is 0 Å². The van der Waals surface area contributed by atoms with Crippen LogP contribution in [0.5, 0.6) is 17.2 Å². The van der Waals surface area contributed by atoms with Gasteiger partial charge in [-0.15, -0.1) is 0 Å². The second kappa shape index (κ2) is 10.4. The first kappa shape index (κ1) is 25.8. The Hall–Kier alpha value is -4.31. The lowest BCUT2D eigenvalue weighted by molar-refractivity contribution is 0.0960. The third kappa shape index (κ3) is 5.75. The maximum absolute atomic E-state index is 12.4. The Morgan fingerprint density at radius 1 is 1.03 bits per heavy atom. The number of aromatic nitrogens is 2. The van der Waals surface area contributed by atoms with E-state index in [0.29, 0.717) is 45.2 Å². The zero-order valence-corrected chi connectivity index (χ0v) is 21.7. The molecule has 0 aliphatic heterocycles. The molecule has 10 nitrogen and oxygen atoms in total. The molecule has 4 aromatic rings. The predicted octanol–water partition coefficient (Wildman–Crippen LogP) is 5.98. The fraction of sp³-hybridized carbons (Fsp3) is 0.231. The van der Waals surface area contributed by atoms with Crippen LogP contribution in [0.3, 0.4) is 0 Å². The van der Waals surface area contributed by atoms with Crippen molar-refractivity contribution >= 4 is 45.9 Å². The Kier molecular flexibility index (Phi) is 7.21. The molecule has 0 atom stereocenters. The van der Waals surface area contributed by atoms with Gasteiger partial charge in [0, 0.05) is 42.2 Å². The minimum atomic E-state index is -0.528. The lowest BCUT2D eigenvalue weighted by atomic mass is 9.93. The number of hydrogen-bond acceptors (Lipinski definition) is 7. The second-order valence-corrected chi connectivity index (χ2v) is 9.51. The van der Waals surface area contributed by atoms with Gasteiger partial charge in [0.25, 0.3) is 5.91 Å². The fourth-order valence-electron chi connectivity index (χ4n) is 3.46. The van der Waals surface area contributed by atoms with Crippen molar-refractivity contribution in [3.05, 3.63) is 65.0 Å². The normalized spacial score (nSPS) is 11.2. The zero-order valence-electron chi connectivity index (χ0n) is 20.9. The van der Waals surface area contributed by atoms with E-state index in [9.17, 15) is 9.59 Å². The van der Waals surface area contributed by atoms with Gasteiger partial charge in [-0.25, -0.2) is 4.79 Å². The van der Waals surface area contributed by atoms with E-state index in [4.69, 9.17) is 25.6 Å². The number of rotatable bonds is 6. The van der Waals surface area contributed by atoms with Gasteiger partial charge in [-0.1, -0.05) is 37.5 Å². The van der Waals surface area contributed by atoms with Gasteiger partial charge in [-0.2, -0.15) is 0 Å². The first-order valence-corrected chi connectivity index (χ1v) is 11.7. The summed E-state index contributed by atoms with van der Waals surface area (Å²) in [6, 6.07) is 11.0. The highest BCUT2D eigenvalue weighted by Crippen LogP contribution is 2.35. The maximum atomic E-state index is 12.4. The average molecular weight is 524 g/mol. The van der Waals surface area contributed by atoms with Gasteiger partial charge >= 0.3 is 6.03 Å². The van der Waals surface area contributed by atoms with E-state index in [1.807, 2.05) is 20.8 Å². The largest absolute Gasteiger partial charge is 0.496 e. The lowest BCUT2D eigenvalue weighted by Crippen LogP contribution is -2.19. The van der Waals surface area contributed by atoms with Gasteiger partial charge in [0.2, 0.25) is 0 Å².